The third-order valence-corrected chi connectivity index (χ3v) is 2.76. The largest absolute Gasteiger partial charge is 0.416 e. The highest BCUT2D eigenvalue weighted by Crippen LogP contribution is 2.32. The molecule has 0 saturated heterocycles. The van der Waals surface area contributed by atoms with Gasteiger partial charge in [-0.3, -0.25) is 0 Å². The Hall–Kier alpha value is -1.82. The molecule has 1 N–H and O–H groups in total. The minimum atomic E-state index is -4.53. The van der Waals surface area contributed by atoms with E-state index in [2.05, 4.69) is 10.3 Å². The molecule has 1 aromatic heterocycles. The van der Waals surface area contributed by atoms with Gasteiger partial charge in [-0.15, -0.1) is 0 Å². The molecule has 0 spiro atoms. The SMILES string of the molecule is Cc1ccc(Nc2cc(C(F)(F)F)cc(Cl)n2)cc1F. The van der Waals surface area contributed by atoms with Crippen LogP contribution in [0.5, 0.6) is 0 Å². The second-order valence-corrected chi connectivity index (χ2v) is 4.54. The minimum absolute atomic E-state index is 0.104. The molecule has 1 aromatic carbocycles. The topological polar surface area (TPSA) is 24.9 Å². The third-order valence-electron chi connectivity index (χ3n) is 2.57. The van der Waals surface area contributed by atoms with E-state index in [1.165, 1.54) is 18.2 Å². The van der Waals surface area contributed by atoms with Crippen molar-refractivity contribution in [3.63, 3.8) is 0 Å². The van der Waals surface area contributed by atoms with Crippen molar-refractivity contribution < 1.29 is 17.6 Å². The Morgan fingerprint density at radius 1 is 1.15 bits per heavy atom. The molecule has 0 amide bonds. The van der Waals surface area contributed by atoms with Crippen molar-refractivity contribution in [1.29, 1.82) is 0 Å². The molecule has 0 aliphatic rings. The van der Waals surface area contributed by atoms with E-state index < -0.39 is 17.6 Å². The van der Waals surface area contributed by atoms with Crippen molar-refractivity contribution in [2.24, 2.45) is 0 Å². The molecule has 0 fully saturated rings. The summed E-state index contributed by atoms with van der Waals surface area (Å²) < 4.78 is 51.3. The van der Waals surface area contributed by atoms with Gasteiger partial charge in [0.2, 0.25) is 0 Å². The zero-order valence-corrected chi connectivity index (χ0v) is 11.0. The Morgan fingerprint density at radius 2 is 1.85 bits per heavy atom. The van der Waals surface area contributed by atoms with Gasteiger partial charge < -0.3 is 5.32 Å². The van der Waals surface area contributed by atoms with Crippen LogP contribution in [0.3, 0.4) is 0 Å². The smallest absolute Gasteiger partial charge is 0.340 e. The highest BCUT2D eigenvalue weighted by atomic mass is 35.5. The number of aryl methyl sites for hydroxylation is 1. The van der Waals surface area contributed by atoms with Gasteiger partial charge >= 0.3 is 6.18 Å². The van der Waals surface area contributed by atoms with E-state index in [1.807, 2.05) is 0 Å². The van der Waals surface area contributed by atoms with Crippen LogP contribution >= 0.6 is 11.6 Å². The molecule has 0 unspecified atom stereocenters. The van der Waals surface area contributed by atoms with Crippen molar-refractivity contribution >= 4 is 23.1 Å². The van der Waals surface area contributed by atoms with Crippen LogP contribution in [0, 0.1) is 12.7 Å². The van der Waals surface area contributed by atoms with Crippen LogP contribution in [-0.2, 0) is 6.18 Å². The lowest BCUT2D eigenvalue weighted by Crippen LogP contribution is -2.06. The molecule has 106 valence electrons. The zero-order valence-electron chi connectivity index (χ0n) is 10.2. The van der Waals surface area contributed by atoms with Gasteiger partial charge in [0.15, 0.2) is 0 Å². The fourth-order valence-electron chi connectivity index (χ4n) is 1.54. The quantitative estimate of drug-likeness (QED) is 0.627. The van der Waals surface area contributed by atoms with Gasteiger partial charge in [-0.25, -0.2) is 9.37 Å². The van der Waals surface area contributed by atoms with Gasteiger partial charge in [0.1, 0.15) is 16.8 Å². The molecule has 0 aliphatic heterocycles. The Balaban J connectivity index is 2.33. The summed E-state index contributed by atoms with van der Waals surface area (Å²) in [7, 11) is 0. The lowest BCUT2D eigenvalue weighted by molar-refractivity contribution is -0.137. The molecule has 0 bridgehead atoms. The number of hydrogen-bond donors (Lipinski definition) is 1. The van der Waals surface area contributed by atoms with Crippen LogP contribution in [0.4, 0.5) is 29.1 Å². The van der Waals surface area contributed by atoms with E-state index in [-0.39, 0.29) is 16.7 Å². The van der Waals surface area contributed by atoms with Gasteiger partial charge in [0.25, 0.3) is 0 Å². The van der Waals surface area contributed by atoms with Crippen molar-refractivity contribution in [1.82, 2.24) is 4.98 Å². The van der Waals surface area contributed by atoms with Crippen LogP contribution < -0.4 is 5.32 Å². The number of nitrogens with one attached hydrogen (secondary N) is 1. The number of nitrogens with zero attached hydrogens (tertiary/aromatic N) is 1. The van der Waals surface area contributed by atoms with Crippen LogP contribution in [0.15, 0.2) is 30.3 Å². The highest BCUT2D eigenvalue weighted by molar-refractivity contribution is 6.29. The number of benzene rings is 1. The lowest BCUT2D eigenvalue weighted by Gasteiger charge is -2.11. The molecule has 0 atom stereocenters. The summed E-state index contributed by atoms with van der Waals surface area (Å²) in [5.41, 5.74) is -0.200. The molecule has 2 nitrogen and oxygen atoms in total. The standard InChI is InChI=1S/C13H9ClF4N2/c1-7-2-3-9(6-10(7)15)19-12-5-8(13(16,17)18)4-11(14)20-12/h2-6H,1H3,(H,19,20). The summed E-state index contributed by atoms with van der Waals surface area (Å²) in [4.78, 5) is 3.73. The van der Waals surface area contributed by atoms with E-state index in [0.717, 1.165) is 12.1 Å². The predicted molar refractivity (Wildman–Crippen MR) is 68.7 cm³/mol. The number of anilines is 2. The van der Waals surface area contributed by atoms with Gasteiger partial charge in [-0.05, 0) is 36.8 Å². The fraction of sp³-hybridized carbons (Fsp3) is 0.154. The van der Waals surface area contributed by atoms with Crippen LogP contribution in [-0.4, -0.2) is 4.98 Å². The van der Waals surface area contributed by atoms with Crippen molar-refractivity contribution in [2.45, 2.75) is 13.1 Å². The van der Waals surface area contributed by atoms with Crippen LogP contribution in [0.2, 0.25) is 5.15 Å². The Labute approximate surface area is 117 Å². The van der Waals surface area contributed by atoms with Crippen LogP contribution in [0.25, 0.3) is 0 Å². The Kier molecular flexibility index (Phi) is 3.85. The van der Waals surface area contributed by atoms with E-state index in [1.54, 1.807) is 6.92 Å². The fourth-order valence-corrected chi connectivity index (χ4v) is 1.75. The van der Waals surface area contributed by atoms with E-state index in [9.17, 15) is 17.6 Å². The minimum Gasteiger partial charge on any atom is -0.340 e. The molecule has 2 aromatic rings. The number of alkyl halides is 3. The first-order chi connectivity index (χ1) is 9.25. The maximum atomic E-state index is 13.4. The molecule has 2 rings (SSSR count). The van der Waals surface area contributed by atoms with Crippen molar-refractivity contribution in [3.8, 4) is 0 Å². The van der Waals surface area contributed by atoms with Crippen molar-refractivity contribution in [3.05, 3.63) is 52.4 Å². The molecule has 7 heteroatoms. The number of rotatable bonds is 2. The summed E-state index contributed by atoms with van der Waals surface area (Å²) >= 11 is 5.55. The molecule has 0 saturated carbocycles. The molecular weight excluding hydrogens is 296 g/mol. The Bertz CT molecular complexity index is 641. The maximum Gasteiger partial charge on any atom is 0.416 e. The van der Waals surface area contributed by atoms with Gasteiger partial charge in [-0.1, -0.05) is 17.7 Å². The molecular formula is C13H9ClF4N2. The molecule has 20 heavy (non-hydrogen) atoms. The maximum absolute atomic E-state index is 13.4. The summed E-state index contributed by atoms with van der Waals surface area (Å²) in [5, 5.41) is 2.29. The van der Waals surface area contributed by atoms with Crippen LogP contribution in [0.1, 0.15) is 11.1 Å². The number of pyridine rings is 1. The first-order valence-corrected chi connectivity index (χ1v) is 5.91. The monoisotopic (exact) mass is 304 g/mol. The van der Waals surface area contributed by atoms with Gasteiger partial charge in [-0.2, -0.15) is 13.2 Å². The average molecular weight is 305 g/mol. The number of aromatic nitrogens is 1. The number of halogens is 5. The highest BCUT2D eigenvalue weighted by Gasteiger charge is 2.31. The first kappa shape index (κ1) is 14.6. The second kappa shape index (κ2) is 5.28. The molecule has 0 aliphatic carbocycles. The van der Waals surface area contributed by atoms with Crippen molar-refractivity contribution in [2.75, 3.05) is 5.32 Å². The first-order valence-electron chi connectivity index (χ1n) is 5.53. The Morgan fingerprint density at radius 3 is 2.45 bits per heavy atom. The molecule has 0 radical (unpaired) electrons. The average Bonchev–Trinajstić information content (AvgIpc) is 2.32. The zero-order chi connectivity index (χ0) is 14.9. The van der Waals surface area contributed by atoms with Gasteiger partial charge in [0, 0.05) is 5.69 Å². The normalized spacial score (nSPS) is 11.5. The number of hydrogen-bond acceptors (Lipinski definition) is 2. The van der Waals surface area contributed by atoms with Gasteiger partial charge in [0.05, 0.1) is 5.56 Å². The van der Waals surface area contributed by atoms with E-state index in [4.69, 9.17) is 11.6 Å². The van der Waals surface area contributed by atoms with E-state index in [0.29, 0.717) is 5.56 Å². The third kappa shape index (κ3) is 3.39. The second-order valence-electron chi connectivity index (χ2n) is 4.15. The summed E-state index contributed by atoms with van der Waals surface area (Å²) in [6.07, 6.45) is -4.53. The summed E-state index contributed by atoms with van der Waals surface area (Å²) in [6.45, 7) is 1.58. The lowest BCUT2D eigenvalue weighted by atomic mass is 10.2. The summed E-state index contributed by atoms with van der Waals surface area (Å²) in [6, 6.07) is 5.75. The predicted octanol–water partition coefficient (Wildman–Crippen LogP) is 4.94. The van der Waals surface area contributed by atoms with E-state index >= 15 is 0 Å². The molecule has 1 heterocycles. The summed E-state index contributed by atoms with van der Waals surface area (Å²) in [5.74, 6) is -0.568.